The van der Waals surface area contributed by atoms with Crippen LogP contribution in [0.25, 0.3) is 6.08 Å². The Morgan fingerprint density at radius 3 is 2.52 bits per heavy atom. The highest BCUT2D eigenvalue weighted by molar-refractivity contribution is 7.17. The van der Waals surface area contributed by atoms with E-state index >= 15 is 0 Å². The zero-order valence-electron chi connectivity index (χ0n) is 17.6. The van der Waals surface area contributed by atoms with Crippen LogP contribution in [-0.4, -0.2) is 46.3 Å². The van der Waals surface area contributed by atoms with Crippen molar-refractivity contribution in [1.29, 1.82) is 0 Å². The largest absolute Gasteiger partial charge is 0.497 e. The molecule has 8 nitrogen and oxygen atoms in total. The molecule has 0 saturated carbocycles. The van der Waals surface area contributed by atoms with E-state index in [0.29, 0.717) is 40.5 Å². The molecule has 0 spiro atoms. The Balaban J connectivity index is 1.86. The van der Waals surface area contributed by atoms with Crippen molar-refractivity contribution < 1.29 is 33.3 Å². The molecule has 1 atom stereocenters. The quantitative estimate of drug-likeness (QED) is 0.515. The molecule has 2 aromatic rings. The van der Waals surface area contributed by atoms with Crippen LogP contribution in [0.4, 0.5) is 5.00 Å². The molecule has 0 bridgehead atoms. The molecule has 3 rings (SSSR count). The van der Waals surface area contributed by atoms with E-state index in [1.807, 2.05) is 0 Å². The van der Waals surface area contributed by atoms with Crippen LogP contribution in [0.3, 0.4) is 0 Å². The molecule has 0 fully saturated rings. The van der Waals surface area contributed by atoms with E-state index in [1.54, 1.807) is 31.4 Å². The number of esters is 2. The van der Waals surface area contributed by atoms with Gasteiger partial charge in [-0.15, -0.1) is 11.3 Å². The highest BCUT2D eigenvalue weighted by atomic mass is 32.1. The summed E-state index contributed by atoms with van der Waals surface area (Å²) in [7, 11) is 5.65. The number of aryl methyl sites for hydroxylation is 1. The van der Waals surface area contributed by atoms with Gasteiger partial charge in [0, 0.05) is 22.6 Å². The molecule has 1 aliphatic rings. The molecule has 1 amide bonds. The summed E-state index contributed by atoms with van der Waals surface area (Å²) in [5.41, 5.74) is 1.48. The number of carbonyl (C=O) groups is 3. The maximum atomic E-state index is 12.6. The van der Waals surface area contributed by atoms with E-state index in [9.17, 15) is 14.4 Å². The number of anilines is 1. The van der Waals surface area contributed by atoms with Crippen LogP contribution in [0.1, 0.15) is 38.7 Å². The first-order valence-electron chi connectivity index (χ1n) is 9.46. The lowest BCUT2D eigenvalue weighted by Crippen LogP contribution is -2.16. The van der Waals surface area contributed by atoms with Crippen LogP contribution in [0, 0.1) is 0 Å². The predicted molar refractivity (Wildman–Crippen MR) is 116 cm³/mol. The highest BCUT2D eigenvalue weighted by Gasteiger charge is 2.38. The minimum absolute atomic E-state index is 0.208. The fraction of sp³-hybridized carbons (Fsp3) is 0.318. The number of amides is 1. The number of hydrogen-bond acceptors (Lipinski definition) is 8. The lowest BCUT2D eigenvalue weighted by Gasteiger charge is -2.11. The van der Waals surface area contributed by atoms with Gasteiger partial charge in [-0.25, -0.2) is 4.79 Å². The van der Waals surface area contributed by atoms with Crippen LogP contribution in [0.5, 0.6) is 11.5 Å². The van der Waals surface area contributed by atoms with Crippen molar-refractivity contribution in [3.8, 4) is 11.5 Å². The van der Waals surface area contributed by atoms with Gasteiger partial charge in [-0.1, -0.05) is 0 Å². The fourth-order valence-corrected chi connectivity index (χ4v) is 4.78. The molecule has 1 aromatic carbocycles. The van der Waals surface area contributed by atoms with E-state index in [4.69, 9.17) is 18.9 Å². The number of rotatable bonds is 7. The molecular weight excluding hydrogens is 422 g/mol. The number of hydrogen-bond donors (Lipinski definition) is 1. The van der Waals surface area contributed by atoms with E-state index in [2.05, 4.69) is 5.32 Å². The van der Waals surface area contributed by atoms with Crippen LogP contribution in [-0.2, 0) is 25.5 Å². The molecule has 1 N–H and O–H groups in total. The monoisotopic (exact) mass is 445 g/mol. The number of carbonyl (C=O) groups excluding carboxylic acids is 3. The summed E-state index contributed by atoms with van der Waals surface area (Å²) in [6.07, 6.45) is 4.12. The Bertz CT molecular complexity index is 1040. The molecule has 9 heteroatoms. The van der Waals surface area contributed by atoms with Gasteiger partial charge in [0.1, 0.15) is 16.5 Å². The lowest BCUT2D eigenvalue weighted by molar-refractivity contribution is -0.142. The normalized spacial score (nSPS) is 14.8. The SMILES string of the molecule is COC(=O)c1c(NC(=O)/C=C/c2ccc(OC)cc2OC)sc2c1C(C(=O)OC)CC2. The number of thiophene rings is 1. The first-order chi connectivity index (χ1) is 14.9. The second kappa shape index (κ2) is 9.65. The average molecular weight is 445 g/mol. The van der Waals surface area contributed by atoms with Gasteiger partial charge >= 0.3 is 11.9 Å². The Morgan fingerprint density at radius 2 is 1.87 bits per heavy atom. The van der Waals surface area contributed by atoms with Crippen molar-refractivity contribution in [2.75, 3.05) is 33.8 Å². The average Bonchev–Trinajstić information content (AvgIpc) is 3.35. The third-order valence-electron chi connectivity index (χ3n) is 5.00. The molecule has 0 radical (unpaired) electrons. The molecule has 1 aliphatic carbocycles. The summed E-state index contributed by atoms with van der Waals surface area (Å²) in [5, 5.41) is 3.09. The smallest absolute Gasteiger partial charge is 0.341 e. The van der Waals surface area contributed by atoms with Crippen molar-refractivity contribution in [2.45, 2.75) is 18.8 Å². The minimum Gasteiger partial charge on any atom is -0.497 e. The number of ether oxygens (including phenoxy) is 4. The summed E-state index contributed by atoms with van der Waals surface area (Å²) in [6, 6.07) is 5.23. The Hall–Kier alpha value is -3.33. The summed E-state index contributed by atoms with van der Waals surface area (Å²) >= 11 is 1.27. The van der Waals surface area contributed by atoms with Gasteiger partial charge in [-0.05, 0) is 36.6 Å². The van der Waals surface area contributed by atoms with Crippen molar-refractivity contribution in [2.24, 2.45) is 0 Å². The molecule has 1 heterocycles. The van der Waals surface area contributed by atoms with E-state index in [-0.39, 0.29) is 5.56 Å². The molecular formula is C22H23NO7S. The summed E-state index contributed by atoms with van der Waals surface area (Å²) in [5.74, 6) is -0.813. The van der Waals surface area contributed by atoms with Crippen molar-refractivity contribution in [3.63, 3.8) is 0 Å². The molecule has 0 saturated heterocycles. The lowest BCUT2D eigenvalue weighted by atomic mass is 9.99. The van der Waals surface area contributed by atoms with Crippen molar-refractivity contribution >= 4 is 40.3 Å². The number of benzene rings is 1. The van der Waals surface area contributed by atoms with Crippen LogP contribution >= 0.6 is 11.3 Å². The minimum atomic E-state index is -0.607. The standard InChI is InChI=1S/C22H23NO7S/c1-27-13-7-5-12(15(11-13)28-2)6-10-17(24)23-20-19(22(26)30-4)18-14(21(25)29-3)8-9-16(18)31-20/h5-7,10-11,14H,8-9H2,1-4H3,(H,23,24)/b10-6+. The fourth-order valence-electron chi connectivity index (χ4n) is 3.51. The van der Waals surface area contributed by atoms with Gasteiger partial charge in [0.15, 0.2) is 0 Å². The Labute approximate surface area is 183 Å². The predicted octanol–water partition coefficient (Wildman–Crippen LogP) is 3.41. The van der Waals surface area contributed by atoms with Crippen molar-refractivity contribution in [1.82, 2.24) is 0 Å². The molecule has 1 unspecified atom stereocenters. The van der Waals surface area contributed by atoms with Gasteiger partial charge in [-0.3, -0.25) is 9.59 Å². The van der Waals surface area contributed by atoms with Crippen LogP contribution in [0.2, 0.25) is 0 Å². The van der Waals surface area contributed by atoms with Gasteiger partial charge in [0.05, 0.1) is 39.9 Å². The summed E-state index contributed by atoms with van der Waals surface area (Å²) in [6.45, 7) is 0. The first-order valence-corrected chi connectivity index (χ1v) is 10.3. The molecule has 0 aliphatic heterocycles. The van der Waals surface area contributed by atoms with Gasteiger partial charge < -0.3 is 24.3 Å². The number of methoxy groups -OCH3 is 4. The molecule has 1 aromatic heterocycles. The summed E-state index contributed by atoms with van der Waals surface area (Å²) in [4.78, 5) is 38.0. The summed E-state index contributed by atoms with van der Waals surface area (Å²) < 4.78 is 20.3. The van der Waals surface area contributed by atoms with E-state index < -0.39 is 23.8 Å². The van der Waals surface area contributed by atoms with E-state index in [1.165, 1.54) is 38.7 Å². The van der Waals surface area contributed by atoms with Crippen molar-refractivity contribution in [3.05, 3.63) is 45.8 Å². The van der Waals surface area contributed by atoms with Gasteiger partial charge in [0.2, 0.25) is 5.91 Å². The van der Waals surface area contributed by atoms with Crippen LogP contribution in [0.15, 0.2) is 24.3 Å². The van der Waals surface area contributed by atoms with Crippen LogP contribution < -0.4 is 14.8 Å². The Morgan fingerprint density at radius 1 is 1.10 bits per heavy atom. The van der Waals surface area contributed by atoms with Gasteiger partial charge in [0.25, 0.3) is 0 Å². The van der Waals surface area contributed by atoms with Gasteiger partial charge in [-0.2, -0.15) is 0 Å². The molecule has 164 valence electrons. The third-order valence-corrected chi connectivity index (χ3v) is 6.18. The zero-order valence-corrected chi connectivity index (χ0v) is 18.5. The number of nitrogens with one attached hydrogen (secondary N) is 1. The second-order valence-corrected chi connectivity index (χ2v) is 7.78. The maximum absolute atomic E-state index is 12.6. The maximum Gasteiger partial charge on any atom is 0.341 e. The third kappa shape index (κ3) is 4.56. The Kier molecular flexibility index (Phi) is 6.96. The number of fused-ring (bicyclic) bond motifs is 1. The topological polar surface area (TPSA) is 100 Å². The molecule has 31 heavy (non-hydrogen) atoms. The second-order valence-electron chi connectivity index (χ2n) is 6.68. The zero-order chi connectivity index (χ0) is 22.5. The first kappa shape index (κ1) is 22.4. The highest BCUT2D eigenvalue weighted by Crippen LogP contribution is 2.45. The van der Waals surface area contributed by atoms with E-state index in [0.717, 1.165) is 4.88 Å².